The molecule has 0 radical (unpaired) electrons. The Balaban J connectivity index is 1.46. The SMILES string of the molecule is Cc1ccc2nsnc2c1NC(=O)N[C@H]1COC[C@@H]1N1CCCC1. The number of benzene rings is 1. The molecule has 3 heterocycles. The van der Waals surface area contributed by atoms with Crippen LogP contribution in [0.5, 0.6) is 0 Å². The second-order valence-electron chi connectivity index (χ2n) is 6.44. The number of carbonyl (C=O) groups excluding carboxylic acids is 1. The Morgan fingerprint density at radius 2 is 2.12 bits per heavy atom. The van der Waals surface area contributed by atoms with Crippen LogP contribution >= 0.6 is 11.7 Å². The third-order valence-electron chi connectivity index (χ3n) is 4.85. The Labute approximate surface area is 144 Å². The summed E-state index contributed by atoms with van der Waals surface area (Å²) < 4.78 is 14.1. The first kappa shape index (κ1) is 15.7. The highest BCUT2D eigenvalue weighted by molar-refractivity contribution is 7.00. The molecule has 2 aliphatic rings. The number of rotatable bonds is 3. The van der Waals surface area contributed by atoms with E-state index in [9.17, 15) is 4.79 Å². The lowest BCUT2D eigenvalue weighted by molar-refractivity contribution is 0.159. The number of carbonyl (C=O) groups is 1. The topological polar surface area (TPSA) is 79.4 Å². The van der Waals surface area contributed by atoms with Gasteiger partial charge in [0.1, 0.15) is 11.0 Å². The third kappa shape index (κ3) is 2.97. The van der Waals surface area contributed by atoms with Gasteiger partial charge in [-0.15, -0.1) is 0 Å². The highest BCUT2D eigenvalue weighted by atomic mass is 32.1. The van der Waals surface area contributed by atoms with Gasteiger partial charge in [-0.1, -0.05) is 6.07 Å². The van der Waals surface area contributed by atoms with Crippen LogP contribution in [0.1, 0.15) is 18.4 Å². The maximum absolute atomic E-state index is 12.5. The number of anilines is 1. The zero-order valence-corrected chi connectivity index (χ0v) is 14.4. The third-order valence-corrected chi connectivity index (χ3v) is 5.39. The largest absolute Gasteiger partial charge is 0.378 e. The fraction of sp³-hybridized carbons (Fsp3) is 0.562. The first-order valence-electron chi connectivity index (χ1n) is 8.33. The molecule has 0 spiro atoms. The maximum Gasteiger partial charge on any atom is 0.319 e. The molecule has 1 aromatic carbocycles. The number of aryl methyl sites for hydroxylation is 1. The molecular weight excluding hydrogens is 326 g/mol. The number of hydrogen-bond donors (Lipinski definition) is 2. The second kappa shape index (κ2) is 6.62. The minimum Gasteiger partial charge on any atom is -0.378 e. The van der Waals surface area contributed by atoms with E-state index in [4.69, 9.17) is 4.74 Å². The Kier molecular flexibility index (Phi) is 4.34. The van der Waals surface area contributed by atoms with Crippen molar-refractivity contribution in [3.63, 3.8) is 0 Å². The summed E-state index contributed by atoms with van der Waals surface area (Å²) >= 11 is 1.15. The number of hydrogen-bond acceptors (Lipinski definition) is 6. The number of ether oxygens (including phenoxy) is 1. The molecule has 2 N–H and O–H groups in total. The molecule has 0 unspecified atom stereocenters. The van der Waals surface area contributed by atoms with Crippen LogP contribution in [-0.2, 0) is 4.74 Å². The van der Waals surface area contributed by atoms with E-state index >= 15 is 0 Å². The standard InChI is InChI=1S/C16H21N5O2S/c1-10-4-5-11-15(20-24-19-11)14(10)18-16(22)17-12-8-23-9-13(12)21-6-2-3-7-21/h4-5,12-13H,2-3,6-9H2,1H3,(H2,17,18,22)/t12-,13-/m0/s1. The quantitative estimate of drug-likeness (QED) is 0.888. The van der Waals surface area contributed by atoms with Gasteiger partial charge in [0.2, 0.25) is 0 Å². The van der Waals surface area contributed by atoms with E-state index in [1.165, 1.54) is 12.8 Å². The minimum absolute atomic E-state index is 0.0242. The van der Waals surface area contributed by atoms with Gasteiger partial charge in [0.25, 0.3) is 0 Å². The van der Waals surface area contributed by atoms with Crippen molar-refractivity contribution in [2.75, 3.05) is 31.6 Å². The van der Waals surface area contributed by atoms with Crippen LogP contribution in [-0.4, -0.2) is 58.1 Å². The van der Waals surface area contributed by atoms with Crippen molar-refractivity contribution in [3.05, 3.63) is 17.7 Å². The molecule has 7 nitrogen and oxygen atoms in total. The van der Waals surface area contributed by atoms with Gasteiger partial charge in [0.05, 0.1) is 42.7 Å². The van der Waals surface area contributed by atoms with Crippen molar-refractivity contribution in [2.24, 2.45) is 0 Å². The number of likely N-dealkylation sites (tertiary alicyclic amines) is 1. The molecule has 0 saturated carbocycles. The summed E-state index contributed by atoms with van der Waals surface area (Å²) in [6.07, 6.45) is 2.46. The molecule has 2 amide bonds. The van der Waals surface area contributed by atoms with Gasteiger partial charge < -0.3 is 15.4 Å². The molecule has 2 fully saturated rings. The lowest BCUT2D eigenvalue weighted by Crippen LogP contribution is -2.51. The molecular formula is C16H21N5O2S. The van der Waals surface area contributed by atoms with Gasteiger partial charge in [-0.3, -0.25) is 4.90 Å². The van der Waals surface area contributed by atoms with E-state index < -0.39 is 0 Å². The van der Waals surface area contributed by atoms with E-state index in [0.29, 0.717) is 13.2 Å². The number of urea groups is 1. The zero-order valence-electron chi connectivity index (χ0n) is 13.6. The average molecular weight is 347 g/mol. The fourth-order valence-corrected chi connectivity index (χ4v) is 4.08. The lowest BCUT2D eigenvalue weighted by Gasteiger charge is -2.28. The van der Waals surface area contributed by atoms with Crippen LogP contribution in [0.3, 0.4) is 0 Å². The highest BCUT2D eigenvalue weighted by Crippen LogP contribution is 2.25. The van der Waals surface area contributed by atoms with Crippen LogP contribution in [0.25, 0.3) is 11.0 Å². The van der Waals surface area contributed by atoms with Crippen molar-refractivity contribution in [1.82, 2.24) is 19.0 Å². The molecule has 2 aliphatic heterocycles. The van der Waals surface area contributed by atoms with Crippen molar-refractivity contribution in [3.8, 4) is 0 Å². The summed E-state index contributed by atoms with van der Waals surface area (Å²) in [4.78, 5) is 14.9. The van der Waals surface area contributed by atoms with Gasteiger partial charge >= 0.3 is 6.03 Å². The van der Waals surface area contributed by atoms with Gasteiger partial charge in [-0.2, -0.15) is 8.75 Å². The van der Waals surface area contributed by atoms with E-state index in [1.54, 1.807) is 0 Å². The normalized spacial score (nSPS) is 24.5. The Morgan fingerprint density at radius 1 is 1.29 bits per heavy atom. The predicted octanol–water partition coefficient (Wildman–Crippen LogP) is 1.98. The summed E-state index contributed by atoms with van der Waals surface area (Å²) in [6, 6.07) is 3.96. The van der Waals surface area contributed by atoms with Crippen LogP contribution in [0, 0.1) is 6.92 Å². The number of nitrogens with zero attached hydrogens (tertiary/aromatic N) is 3. The number of fused-ring (bicyclic) bond motifs is 1. The van der Waals surface area contributed by atoms with E-state index in [1.807, 2.05) is 19.1 Å². The molecule has 0 bridgehead atoms. The highest BCUT2D eigenvalue weighted by Gasteiger charge is 2.35. The van der Waals surface area contributed by atoms with Crippen LogP contribution in [0.4, 0.5) is 10.5 Å². The monoisotopic (exact) mass is 347 g/mol. The van der Waals surface area contributed by atoms with Crippen molar-refractivity contribution >= 4 is 34.5 Å². The molecule has 2 saturated heterocycles. The molecule has 2 atom stereocenters. The summed E-state index contributed by atoms with van der Waals surface area (Å²) in [6.45, 7) is 5.40. The molecule has 4 rings (SSSR count). The van der Waals surface area contributed by atoms with Gasteiger partial charge in [-0.25, -0.2) is 4.79 Å². The number of aromatic nitrogens is 2. The molecule has 8 heteroatoms. The maximum atomic E-state index is 12.5. The smallest absolute Gasteiger partial charge is 0.319 e. The number of amides is 2. The fourth-order valence-electron chi connectivity index (χ4n) is 3.54. The van der Waals surface area contributed by atoms with E-state index in [2.05, 4.69) is 24.3 Å². The Hall–Kier alpha value is -1.77. The van der Waals surface area contributed by atoms with Crippen LogP contribution in [0.15, 0.2) is 12.1 Å². The van der Waals surface area contributed by atoms with Crippen molar-refractivity contribution in [2.45, 2.75) is 31.8 Å². The second-order valence-corrected chi connectivity index (χ2v) is 6.97. The molecule has 0 aliphatic carbocycles. The van der Waals surface area contributed by atoms with Gasteiger partial charge in [-0.05, 0) is 44.5 Å². The molecule has 2 aromatic rings. The molecule has 1 aromatic heterocycles. The summed E-state index contributed by atoms with van der Waals surface area (Å²) in [5, 5.41) is 6.03. The van der Waals surface area contributed by atoms with Gasteiger partial charge in [0.15, 0.2) is 0 Å². The summed E-state index contributed by atoms with van der Waals surface area (Å²) in [7, 11) is 0. The van der Waals surface area contributed by atoms with Gasteiger partial charge in [0, 0.05) is 0 Å². The zero-order chi connectivity index (χ0) is 16.5. The lowest BCUT2D eigenvalue weighted by atomic mass is 10.1. The Morgan fingerprint density at radius 3 is 2.96 bits per heavy atom. The van der Waals surface area contributed by atoms with E-state index in [0.717, 1.165) is 47.1 Å². The summed E-state index contributed by atoms with van der Waals surface area (Å²) in [5.41, 5.74) is 3.26. The van der Waals surface area contributed by atoms with E-state index in [-0.39, 0.29) is 18.1 Å². The van der Waals surface area contributed by atoms with Crippen LogP contribution < -0.4 is 10.6 Å². The minimum atomic E-state index is -0.210. The summed E-state index contributed by atoms with van der Waals surface area (Å²) in [5.74, 6) is 0. The number of nitrogens with one attached hydrogen (secondary N) is 2. The van der Waals surface area contributed by atoms with Crippen molar-refractivity contribution < 1.29 is 9.53 Å². The first-order chi connectivity index (χ1) is 11.7. The van der Waals surface area contributed by atoms with Crippen LogP contribution in [0.2, 0.25) is 0 Å². The predicted molar refractivity (Wildman–Crippen MR) is 93.5 cm³/mol. The first-order valence-corrected chi connectivity index (χ1v) is 9.06. The van der Waals surface area contributed by atoms with Crippen molar-refractivity contribution in [1.29, 1.82) is 0 Å². The molecule has 128 valence electrons. The molecule has 24 heavy (non-hydrogen) atoms. The Bertz CT molecular complexity index is 743. The average Bonchev–Trinajstić information content (AvgIpc) is 3.29.